The predicted molar refractivity (Wildman–Crippen MR) is 121 cm³/mol. The second-order valence-electron chi connectivity index (χ2n) is 7.74. The Balaban J connectivity index is 0.00000363. The zero-order chi connectivity index (χ0) is 22.6. The van der Waals surface area contributed by atoms with Crippen molar-refractivity contribution in [3.05, 3.63) is 35.5 Å². The standard InChI is InChI=1S/C21H27F3N6O.ClH/c1-3-5-16-11-19(30-7-4-6-17(12-30)26-13(2)31)29-20(27-16)28-18-9-14(21(22,23)24)8-15(25)10-18;/h8-11,17H,3-7,12,25H2,1-2H3,(H,26,31)(H,27,28,29);1H/t17-;/m1./s1. The Morgan fingerprint density at radius 2 is 2.00 bits per heavy atom. The third-order valence-corrected chi connectivity index (χ3v) is 4.96. The van der Waals surface area contributed by atoms with Crippen LogP contribution in [0, 0.1) is 0 Å². The highest BCUT2D eigenvalue weighted by molar-refractivity contribution is 5.85. The largest absolute Gasteiger partial charge is 0.416 e. The van der Waals surface area contributed by atoms with Crippen LogP contribution in [0.25, 0.3) is 0 Å². The van der Waals surface area contributed by atoms with Gasteiger partial charge < -0.3 is 21.3 Å². The molecule has 1 amide bonds. The van der Waals surface area contributed by atoms with Gasteiger partial charge in [0.1, 0.15) is 5.82 Å². The minimum absolute atomic E-state index is 0. The predicted octanol–water partition coefficient (Wildman–Crippen LogP) is 4.30. The van der Waals surface area contributed by atoms with Gasteiger partial charge in [-0.3, -0.25) is 4.79 Å². The van der Waals surface area contributed by atoms with Crippen molar-refractivity contribution in [1.82, 2.24) is 15.3 Å². The summed E-state index contributed by atoms with van der Waals surface area (Å²) >= 11 is 0. The van der Waals surface area contributed by atoms with E-state index in [4.69, 9.17) is 5.73 Å². The van der Waals surface area contributed by atoms with Crippen molar-refractivity contribution >= 4 is 41.5 Å². The minimum Gasteiger partial charge on any atom is -0.399 e. The number of amides is 1. The third kappa shape index (κ3) is 6.88. The van der Waals surface area contributed by atoms with Crippen LogP contribution in [0.5, 0.6) is 0 Å². The van der Waals surface area contributed by atoms with Gasteiger partial charge in [-0.1, -0.05) is 13.3 Å². The second kappa shape index (κ2) is 10.7. The molecule has 1 aromatic heterocycles. The molecule has 0 bridgehead atoms. The first-order valence-electron chi connectivity index (χ1n) is 10.3. The number of nitrogens with zero attached hydrogens (tertiary/aromatic N) is 3. The highest BCUT2D eigenvalue weighted by Crippen LogP contribution is 2.33. The Labute approximate surface area is 191 Å². The van der Waals surface area contributed by atoms with Gasteiger partial charge in [-0.2, -0.15) is 18.2 Å². The molecule has 7 nitrogen and oxygen atoms in total. The molecule has 0 saturated carbocycles. The molecule has 0 radical (unpaired) electrons. The van der Waals surface area contributed by atoms with Gasteiger partial charge >= 0.3 is 6.18 Å². The van der Waals surface area contributed by atoms with Gasteiger partial charge in [-0.05, 0) is 37.5 Å². The van der Waals surface area contributed by atoms with E-state index in [0.29, 0.717) is 18.8 Å². The number of carbonyl (C=O) groups is 1. The quantitative estimate of drug-likeness (QED) is 0.542. The molecule has 1 aliphatic rings. The normalized spacial score (nSPS) is 16.3. The molecule has 2 aromatic rings. The van der Waals surface area contributed by atoms with Gasteiger partial charge in [-0.15, -0.1) is 12.4 Å². The number of carbonyl (C=O) groups excluding carboxylic acids is 1. The van der Waals surface area contributed by atoms with E-state index in [-0.39, 0.29) is 41.7 Å². The smallest absolute Gasteiger partial charge is 0.399 e. The molecule has 1 fully saturated rings. The molecule has 176 valence electrons. The summed E-state index contributed by atoms with van der Waals surface area (Å²) in [5.74, 6) is 0.808. The molecule has 1 aliphatic heterocycles. The lowest BCUT2D eigenvalue weighted by atomic mass is 10.1. The first-order chi connectivity index (χ1) is 14.6. The number of nitrogens with two attached hydrogens (primary N) is 1. The van der Waals surface area contributed by atoms with E-state index in [9.17, 15) is 18.0 Å². The number of aromatic nitrogens is 2. The Kier molecular flexibility index (Phi) is 8.54. The fraction of sp³-hybridized carbons (Fsp3) is 0.476. The van der Waals surface area contributed by atoms with Crippen molar-refractivity contribution < 1.29 is 18.0 Å². The van der Waals surface area contributed by atoms with E-state index in [1.807, 2.05) is 13.0 Å². The summed E-state index contributed by atoms with van der Waals surface area (Å²) < 4.78 is 39.4. The Bertz CT molecular complexity index is 940. The van der Waals surface area contributed by atoms with Gasteiger partial charge in [0.15, 0.2) is 0 Å². The number of rotatable bonds is 6. The van der Waals surface area contributed by atoms with Gasteiger partial charge in [0.05, 0.1) is 5.56 Å². The Hall–Kier alpha value is -2.75. The van der Waals surface area contributed by atoms with Gasteiger partial charge in [0.2, 0.25) is 11.9 Å². The lowest BCUT2D eigenvalue weighted by Gasteiger charge is -2.34. The summed E-state index contributed by atoms with van der Waals surface area (Å²) in [6.07, 6.45) is -1.16. The molecule has 1 atom stereocenters. The van der Waals surface area contributed by atoms with Crippen LogP contribution in [0.3, 0.4) is 0 Å². The molecule has 1 saturated heterocycles. The molecular weight excluding hydrogens is 445 g/mol. The maximum absolute atomic E-state index is 13.1. The fourth-order valence-electron chi connectivity index (χ4n) is 3.69. The number of benzene rings is 1. The first-order valence-corrected chi connectivity index (χ1v) is 10.3. The maximum atomic E-state index is 13.1. The van der Waals surface area contributed by atoms with Crippen molar-refractivity contribution in [1.29, 1.82) is 0 Å². The molecule has 2 heterocycles. The molecule has 0 spiro atoms. The lowest BCUT2D eigenvalue weighted by molar-refractivity contribution is -0.137. The summed E-state index contributed by atoms with van der Waals surface area (Å²) in [6, 6.07) is 5.21. The third-order valence-electron chi connectivity index (χ3n) is 4.96. The second-order valence-corrected chi connectivity index (χ2v) is 7.74. The van der Waals surface area contributed by atoms with Gasteiger partial charge in [-0.25, -0.2) is 4.98 Å². The van der Waals surface area contributed by atoms with Crippen molar-refractivity contribution in [2.24, 2.45) is 0 Å². The van der Waals surface area contributed by atoms with Gasteiger partial charge in [0, 0.05) is 49.2 Å². The number of halogens is 4. The minimum atomic E-state index is -4.51. The Morgan fingerprint density at radius 3 is 2.66 bits per heavy atom. The molecule has 11 heteroatoms. The van der Waals surface area contributed by atoms with E-state index >= 15 is 0 Å². The summed E-state index contributed by atoms with van der Waals surface area (Å²) in [5.41, 5.74) is 5.78. The zero-order valence-electron chi connectivity index (χ0n) is 18.0. The van der Waals surface area contributed by atoms with Crippen LogP contribution in [0.4, 0.5) is 36.3 Å². The molecule has 0 unspecified atom stereocenters. The Morgan fingerprint density at radius 1 is 1.25 bits per heavy atom. The highest BCUT2D eigenvalue weighted by Gasteiger charge is 2.31. The molecule has 1 aromatic carbocycles. The number of nitrogens with one attached hydrogen (secondary N) is 2. The summed E-state index contributed by atoms with van der Waals surface area (Å²) in [6.45, 7) is 4.90. The summed E-state index contributed by atoms with van der Waals surface area (Å²) in [7, 11) is 0. The molecular formula is C21H28ClF3N6O. The number of aryl methyl sites for hydroxylation is 1. The maximum Gasteiger partial charge on any atom is 0.416 e. The van der Waals surface area contributed by atoms with Gasteiger partial charge in [0.25, 0.3) is 0 Å². The average Bonchev–Trinajstić information content (AvgIpc) is 2.66. The number of hydrogen-bond donors (Lipinski definition) is 3. The van der Waals surface area contributed by atoms with Crippen LogP contribution in [0.15, 0.2) is 24.3 Å². The van der Waals surface area contributed by atoms with E-state index < -0.39 is 11.7 Å². The first kappa shape index (κ1) is 25.5. The number of hydrogen-bond acceptors (Lipinski definition) is 6. The molecule has 3 rings (SSSR count). The van der Waals surface area contributed by atoms with E-state index in [1.165, 1.54) is 13.0 Å². The number of alkyl halides is 3. The van der Waals surface area contributed by atoms with Crippen LogP contribution in [-0.2, 0) is 17.4 Å². The van der Waals surface area contributed by atoms with Crippen LogP contribution in [0.2, 0.25) is 0 Å². The van der Waals surface area contributed by atoms with Crippen molar-refractivity contribution in [2.75, 3.05) is 29.0 Å². The molecule has 4 N–H and O–H groups in total. The van der Waals surface area contributed by atoms with E-state index in [2.05, 4.69) is 25.5 Å². The zero-order valence-corrected chi connectivity index (χ0v) is 18.8. The number of nitrogen functional groups attached to an aromatic ring is 1. The molecule has 32 heavy (non-hydrogen) atoms. The van der Waals surface area contributed by atoms with Crippen LogP contribution >= 0.6 is 12.4 Å². The topological polar surface area (TPSA) is 96.2 Å². The lowest BCUT2D eigenvalue weighted by Crippen LogP contribution is -2.47. The van der Waals surface area contributed by atoms with E-state index in [1.54, 1.807) is 0 Å². The van der Waals surface area contributed by atoms with Crippen molar-refractivity contribution in [2.45, 2.75) is 51.7 Å². The fourth-order valence-corrected chi connectivity index (χ4v) is 3.69. The van der Waals surface area contributed by atoms with Crippen molar-refractivity contribution in [3.63, 3.8) is 0 Å². The van der Waals surface area contributed by atoms with Crippen LogP contribution < -0.4 is 21.3 Å². The summed E-state index contributed by atoms with van der Waals surface area (Å²) in [4.78, 5) is 22.5. The van der Waals surface area contributed by atoms with E-state index in [0.717, 1.165) is 43.6 Å². The number of anilines is 4. The highest BCUT2D eigenvalue weighted by atomic mass is 35.5. The number of piperidine rings is 1. The van der Waals surface area contributed by atoms with Crippen LogP contribution in [0.1, 0.15) is 44.4 Å². The monoisotopic (exact) mass is 472 g/mol. The van der Waals surface area contributed by atoms with Crippen LogP contribution in [-0.4, -0.2) is 35.0 Å². The SMILES string of the molecule is CCCc1cc(N2CCC[C@@H](NC(C)=O)C2)nc(Nc2cc(N)cc(C(F)(F)F)c2)n1.Cl. The molecule has 0 aliphatic carbocycles. The summed E-state index contributed by atoms with van der Waals surface area (Å²) in [5, 5.41) is 5.82. The van der Waals surface area contributed by atoms with Crippen molar-refractivity contribution in [3.8, 4) is 0 Å². The average molecular weight is 473 g/mol.